The Morgan fingerprint density at radius 2 is 0.783 bits per heavy atom. The van der Waals surface area contributed by atoms with Gasteiger partial charge in [0.05, 0.1) is 27.8 Å². The molecule has 1 aliphatic rings. The summed E-state index contributed by atoms with van der Waals surface area (Å²) in [6, 6.07) is 68.4. The normalized spacial score (nSPS) is 14.0. The predicted octanol–water partition coefficient (Wildman–Crippen LogP) is 13.6. The Kier molecular flexibility index (Phi) is 7.57. The molecule has 3 heterocycles. The van der Waals surface area contributed by atoms with Crippen molar-refractivity contribution in [2.75, 3.05) is 0 Å². The molecule has 0 unspecified atom stereocenters. The Labute approximate surface area is 348 Å². The largest absolute Gasteiger partial charge is 0.563 e. The number of hydrogen-bond acceptors (Lipinski definition) is 2. The average Bonchev–Trinajstić information content (AvgIpc) is 3.91. The molecule has 284 valence electrons. The Morgan fingerprint density at radius 1 is 0.417 bits per heavy atom. The quantitative estimate of drug-likeness (QED) is 0.129. The zero-order valence-electron chi connectivity index (χ0n) is 33.4. The average molecular weight is 771 g/mol. The number of para-hydroxylation sites is 4. The molecule has 9 aromatic carbocycles. The van der Waals surface area contributed by atoms with E-state index in [0.29, 0.717) is 5.76 Å². The SMILES string of the molecule is C=C1OB(c2ccc3c(-c4ccc(-n5c6ccccc6c6ccccc65)cc4)c4ccccc4c(-c4ccc(-n5c6ccccc6c6ccccc65)cc4)c3c2)OC1(C)C. The van der Waals surface area contributed by atoms with Gasteiger partial charge in [0.15, 0.2) is 0 Å². The van der Waals surface area contributed by atoms with E-state index >= 15 is 0 Å². The molecule has 60 heavy (non-hydrogen) atoms. The van der Waals surface area contributed by atoms with Gasteiger partial charge in [-0.15, -0.1) is 0 Å². The van der Waals surface area contributed by atoms with Crippen molar-refractivity contribution in [1.82, 2.24) is 9.13 Å². The van der Waals surface area contributed by atoms with Crippen molar-refractivity contribution in [3.8, 4) is 33.6 Å². The molecule has 12 rings (SSSR count). The fourth-order valence-corrected chi connectivity index (χ4v) is 9.68. The van der Waals surface area contributed by atoms with Crippen LogP contribution in [-0.4, -0.2) is 21.9 Å². The van der Waals surface area contributed by atoms with Crippen molar-refractivity contribution in [2.24, 2.45) is 0 Å². The second kappa shape index (κ2) is 13.1. The number of hydrogen-bond donors (Lipinski definition) is 0. The highest BCUT2D eigenvalue weighted by atomic mass is 16.7. The minimum atomic E-state index is -0.586. The minimum Gasteiger partial charge on any atom is -0.534 e. The maximum atomic E-state index is 6.45. The van der Waals surface area contributed by atoms with E-state index in [-0.39, 0.29) is 0 Å². The van der Waals surface area contributed by atoms with Gasteiger partial charge in [0.1, 0.15) is 5.60 Å². The summed E-state index contributed by atoms with van der Waals surface area (Å²) in [5, 5.41) is 9.71. The second-order valence-corrected chi connectivity index (χ2v) is 16.4. The van der Waals surface area contributed by atoms with Gasteiger partial charge in [-0.05, 0) is 112 Å². The van der Waals surface area contributed by atoms with Gasteiger partial charge in [-0.1, -0.05) is 146 Å². The zero-order valence-corrected chi connectivity index (χ0v) is 33.4. The Bertz CT molecular complexity index is 3430. The Morgan fingerprint density at radius 3 is 1.18 bits per heavy atom. The van der Waals surface area contributed by atoms with Crippen LogP contribution in [0.3, 0.4) is 0 Å². The first-order valence-corrected chi connectivity index (χ1v) is 20.6. The molecule has 1 aliphatic heterocycles. The molecule has 5 heteroatoms. The highest BCUT2D eigenvalue weighted by Crippen LogP contribution is 2.45. The first-order valence-electron chi connectivity index (χ1n) is 20.6. The number of benzene rings is 9. The highest BCUT2D eigenvalue weighted by Gasteiger charge is 2.43. The predicted molar refractivity (Wildman–Crippen MR) is 252 cm³/mol. The van der Waals surface area contributed by atoms with Crippen LogP contribution in [0.1, 0.15) is 13.8 Å². The van der Waals surface area contributed by atoms with E-state index in [0.717, 1.165) is 33.4 Å². The molecule has 0 amide bonds. The molecule has 0 radical (unpaired) electrons. The smallest absolute Gasteiger partial charge is 0.534 e. The molecule has 11 aromatic rings. The second-order valence-electron chi connectivity index (χ2n) is 16.4. The van der Waals surface area contributed by atoms with Crippen LogP contribution in [0.2, 0.25) is 0 Å². The summed E-state index contributed by atoms with van der Waals surface area (Å²) in [5.41, 5.74) is 12.1. The minimum absolute atomic E-state index is 0.553. The molecular weight excluding hydrogens is 731 g/mol. The van der Waals surface area contributed by atoms with Gasteiger partial charge < -0.3 is 18.4 Å². The Hall–Kier alpha value is -7.34. The lowest BCUT2D eigenvalue weighted by Gasteiger charge is -2.20. The van der Waals surface area contributed by atoms with Crippen LogP contribution in [0.5, 0.6) is 0 Å². The third-order valence-corrected chi connectivity index (χ3v) is 12.6. The first kappa shape index (κ1) is 34.7. The lowest BCUT2D eigenvalue weighted by atomic mass is 9.76. The number of rotatable bonds is 5. The van der Waals surface area contributed by atoms with Crippen molar-refractivity contribution < 1.29 is 9.31 Å². The van der Waals surface area contributed by atoms with Gasteiger partial charge in [0.25, 0.3) is 0 Å². The molecule has 1 fully saturated rings. The van der Waals surface area contributed by atoms with Crippen LogP contribution in [0, 0.1) is 0 Å². The van der Waals surface area contributed by atoms with E-state index in [9.17, 15) is 0 Å². The zero-order chi connectivity index (χ0) is 40.1. The molecule has 2 aromatic heterocycles. The standard InChI is InChI=1S/C55H39BN2O2/c1-35-55(2,3)60-56(59-35)38-28-33-47-48(34-38)54(37-26-31-40(32-27-37)58-51-22-12-8-16-43(51)44-17-9-13-23-52(44)58)46-19-5-4-18-45(46)53(47)36-24-29-39(30-25-36)57-49-20-10-6-14-41(49)42-15-7-11-21-50(42)57/h4-34H,1H2,2-3H3. The van der Waals surface area contributed by atoms with E-state index in [1.807, 2.05) is 13.8 Å². The molecule has 0 N–H and O–H groups in total. The number of aromatic nitrogens is 2. The first-order chi connectivity index (χ1) is 29.4. The molecule has 0 bridgehead atoms. The maximum Gasteiger partial charge on any atom is 0.563 e. The lowest BCUT2D eigenvalue weighted by molar-refractivity contribution is 0.173. The van der Waals surface area contributed by atoms with Crippen molar-refractivity contribution in [1.29, 1.82) is 0 Å². The van der Waals surface area contributed by atoms with Crippen LogP contribution in [-0.2, 0) is 9.31 Å². The van der Waals surface area contributed by atoms with Crippen LogP contribution in [0.4, 0.5) is 0 Å². The summed E-state index contributed by atoms with van der Waals surface area (Å²) in [6.07, 6.45) is 0. The van der Waals surface area contributed by atoms with Crippen LogP contribution in [0.25, 0.3) is 98.8 Å². The van der Waals surface area contributed by atoms with Crippen LogP contribution in [0.15, 0.2) is 200 Å². The summed E-state index contributed by atoms with van der Waals surface area (Å²) >= 11 is 0. The summed E-state index contributed by atoms with van der Waals surface area (Å²) in [4.78, 5) is 0. The van der Waals surface area contributed by atoms with Gasteiger partial charge in [-0.25, -0.2) is 0 Å². The molecule has 0 saturated carbocycles. The van der Waals surface area contributed by atoms with Gasteiger partial charge in [-0.2, -0.15) is 0 Å². The van der Waals surface area contributed by atoms with Gasteiger partial charge in [0, 0.05) is 32.9 Å². The fraction of sp³-hybridized carbons (Fsp3) is 0.0545. The summed E-state index contributed by atoms with van der Waals surface area (Å²) in [5.74, 6) is 0.635. The van der Waals surface area contributed by atoms with Gasteiger partial charge in [-0.3, -0.25) is 0 Å². The Balaban J connectivity index is 1.06. The summed E-state index contributed by atoms with van der Waals surface area (Å²) in [7, 11) is -0.553. The third-order valence-electron chi connectivity index (χ3n) is 12.6. The van der Waals surface area contributed by atoms with E-state index in [2.05, 4.69) is 204 Å². The van der Waals surface area contributed by atoms with Crippen molar-refractivity contribution >= 4 is 77.7 Å². The molecule has 1 saturated heterocycles. The fourth-order valence-electron chi connectivity index (χ4n) is 9.68. The van der Waals surface area contributed by atoms with Gasteiger partial charge in [0.2, 0.25) is 0 Å². The van der Waals surface area contributed by atoms with Crippen LogP contribution < -0.4 is 5.46 Å². The molecule has 0 aliphatic carbocycles. The van der Waals surface area contributed by atoms with Crippen molar-refractivity contribution in [2.45, 2.75) is 19.4 Å². The highest BCUT2D eigenvalue weighted by molar-refractivity contribution is 6.62. The van der Waals surface area contributed by atoms with E-state index < -0.39 is 12.7 Å². The van der Waals surface area contributed by atoms with Crippen LogP contribution >= 0.6 is 0 Å². The summed E-state index contributed by atoms with van der Waals surface area (Å²) < 4.78 is 17.5. The van der Waals surface area contributed by atoms with E-state index in [4.69, 9.17) is 9.31 Å². The van der Waals surface area contributed by atoms with Crippen molar-refractivity contribution in [3.05, 3.63) is 200 Å². The van der Waals surface area contributed by atoms with E-state index in [1.54, 1.807) is 0 Å². The van der Waals surface area contributed by atoms with Gasteiger partial charge >= 0.3 is 7.12 Å². The third kappa shape index (κ3) is 5.16. The monoisotopic (exact) mass is 770 g/mol. The molecule has 0 atom stereocenters. The summed E-state index contributed by atoms with van der Waals surface area (Å²) in [6.45, 7) is 8.20. The maximum absolute atomic E-state index is 6.45. The lowest BCUT2D eigenvalue weighted by Crippen LogP contribution is -2.34. The number of nitrogens with zero attached hydrogens (tertiary/aromatic N) is 2. The molecule has 0 spiro atoms. The van der Waals surface area contributed by atoms with Crippen molar-refractivity contribution in [3.63, 3.8) is 0 Å². The molecule has 4 nitrogen and oxygen atoms in total. The topological polar surface area (TPSA) is 28.3 Å². The van der Waals surface area contributed by atoms with E-state index in [1.165, 1.54) is 70.9 Å². The molecular formula is C55H39BN2O2. The number of fused-ring (bicyclic) bond motifs is 8.